The molecule has 0 aromatic rings. The van der Waals surface area contributed by atoms with E-state index in [4.69, 9.17) is 4.74 Å². The molecule has 3 nitrogen and oxygen atoms in total. The summed E-state index contributed by atoms with van der Waals surface area (Å²) in [6.07, 6.45) is 2.75. The van der Waals surface area contributed by atoms with Gasteiger partial charge in [-0.25, -0.2) is 0 Å². The molecule has 0 amide bonds. The Morgan fingerprint density at radius 1 is 1.30 bits per heavy atom. The maximum absolute atomic E-state index is 13.0. The van der Waals surface area contributed by atoms with E-state index in [0.29, 0.717) is 29.5 Å². The predicted molar refractivity (Wildman–Crippen MR) is 75.9 cm³/mol. The fourth-order valence-electron chi connectivity index (χ4n) is 5.68. The van der Waals surface area contributed by atoms with Gasteiger partial charge < -0.3 is 4.74 Å². The third kappa shape index (κ3) is 1.47. The van der Waals surface area contributed by atoms with Crippen LogP contribution in [0.3, 0.4) is 0 Å². The first-order valence-corrected chi connectivity index (χ1v) is 7.88. The molecule has 3 heteroatoms. The van der Waals surface area contributed by atoms with Crippen LogP contribution in [0, 0.1) is 40.4 Å². The van der Waals surface area contributed by atoms with Gasteiger partial charge >= 0.3 is 5.97 Å². The lowest BCUT2D eigenvalue weighted by atomic mass is 9.47. The third-order valence-corrected chi connectivity index (χ3v) is 6.85. The number of carbonyl (C=O) groups is 2. The van der Waals surface area contributed by atoms with Crippen LogP contribution >= 0.6 is 0 Å². The molecule has 0 aliphatic heterocycles. The summed E-state index contributed by atoms with van der Waals surface area (Å²) in [5.74, 6) is 2.28. The van der Waals surface area contributed by atoms with Crippen molar-refractivity contribution in [3.05, 3.63) is 0 Å². The van der Waals surface area contributed by atoms with Gasteiger partial charge in [0.2, 0.25) is 0 Å². The molecule has 0 saturated heterocycles. The molecule has 0 N–H and O–H groups in total. The van der Waals surface area contributed by atoms with Crippen LogP contribution in [0.2, 0.25) is 0 Å². The van der Waals surface area contributed by atoms with Gasteiger partial charge in [0.1, 0.15) is 5.78 Å². The Bertz CT molecular complexity index is 469. The normalized spacial score (nSPS) is 49.8. The van der Waals surface area contributed by atoms with Gasteiger partial charge in [0.25, 0.3) is 0 Å². The van der Waals surface area contributed by atoms with Crippen molar-refractivity contribution in [2.75, 3.05) is 7.11 Å². The second kappa shape index (κ2) is 4.08. The minimum absolute atomic E-state index is 0.126. The minimum Gasteiger partial charge on any atom is -0.469 e. The van der Waals surface area contributed by atoms with Gasteiger partial charge in [0, 0.05) is 11.3 Å². The van der Waals surface area contributed by atoms with Crippen LogP contribution < -0.4 is 0 Å². The van der Waals surface area contributed by atoms with Crippen molar-refractivity contribution in [2.24, 2.45) is 40.4 Å². The maximum atomic E-state index is 13.0. The van der Waals surface area contributed by atoms with Crippen molar-refractivity contribution in [2.45, 2.75) is 47.0 Å². The number of ether oxygens (including phenoxy) is 1. The van der Waals surface area contributed by atoms with Gasteiger partial charge in [-0.15, -0.1) is 0 Å². The molecule has 4 bridgehead atoms. The van der Waals surface area contributed by atoms with Crippen molar-refractivity contribution in [1.29, 1.82) is 0 Å². The fraction of sp³-hybridized carbons (Fsp3) is 0.882. The standard InChI is InChI=1S/C17H26O3/c1-9(2)11-7-16(3)13-8-17(4,15(19)20-5)12(14(16)18)6-10(11)13/h9-13H,6-8H2,1-5H3/t10-,11+,12+,13-,16+,17-/m0/s1. The largest absolute Gasteiger partial charge is 0.469 e. The Hall–Kier alpha value is -0.860. The smallest absolute Gasteiger partial charge is 0.312 e. The van der Waals surface area contributed by atoms with E-state index in [2.05, 4.69) is 20.8 Å². The molecule has 20 heavy (non-hydrogen) atoms. The number of Topliss-reactive ketones (excluding diaryl/α,β-unsaturated/α-hetero) is 1. The molecular formula is C17H26O3. The Balaban J connectivity index is 2.01. The molecule has 6 atom stereocenters. The molecule has 112 valence electrons. The van der Waals surface area contributed by atoms with Gasteiger partial charge in [0.15, 0.2) is 0 Å². The minimum atomic E-state index is -0.585. The average Bonchev–Trinajstić information content (AvgIpc) is 2.63. The summed E-state index contributed by atoms with van der Waals surface area (Å²) in [4.78, 5) is 25.2. The number of hydrogen-bond acceptors (Lipinski definition) is 3. The lowest BCUT2D eigenvalue weighted by molar-refractivity contribution is -0.177. The topological polar surface area (TPSA) is 43.4 Å². The summed E-state index contributed by atoms with van der Waals surface area (Å²) in [7, 11) is 1.44. The number of methoxy groups -OCH3 is 1. The molecule has 0 aromatic heterocycles. The van der Waals surface area contributed by atoms with E-state index in [1.807, 2.05) is 6.92 Å². The summed E-state index contributed by atoms with van der Waals surface area (Å²) in [6, 6.07) is 0. The first kappa shape index (κ1) is 14.1. The van der Waals surface area contributed by atoms with E-state index in [0.717, 1.165) is 19.3 Å². The van der Waals surface area contributed by atoms with Crippen LogP contribution in [0.25, 0.3) is 0 Å². The van der Waals surface area contributed by atoms with Gasteiger partial charge in [-0.3, -0.25) is 9.59 Å². The second-order valence-corrected chi connectivity index (χ2v) is 8.07. The van der Waals surface area contributed by atoms with Crippen LogP contribution in [-0.2, 0) is 14.3 Å². The Morgan fingerprint density at radius 2 is 1.95 bits per heavy atom. The number of fused-ring (bicyclic) bond motifs is 1. The number of hydrogen-bond donors (Lipinski definition) is 0. The molecule has 0 spiro atoms. The van der Waals surface area contributed by atoms with Crippen LogP contribution in [-0.4, -0.2) is 18.9 Å². The number of rotatable bonds is 2. The SMILES string of the molecule is COC(=O)[C@@]1(C)C[C@H]2[C@H]3C[C@@H]1C(=O)[C@]2(C)C[C@@H]3C(C)C. The monoisotopic (exact) mass is 278 g/mol. The quantitative estimate of drug-likeness (QED) is 0.729. The first-order chi connectivity index (χ1) is 9.25. The van der Waals surface area contributed by atoms with Crippen molar-refractivity contribution in [3.8, 4) is 0 Å². The zero-order valence-electron chi connectivity index (χ0n) is 13.2. The zero-order valence-corrected chi connectivity index (χ0v) is 13.2. The number of carbonyl (C=O) groups excluding carboxylic acids is 2. The van der Waals surface area contributed by atoms with Crippen molar-refractivity contribution >= 4 is 11.8 Å². The Labute approximate surface area is 121 Å². The second-order valence-electron chi connectivity index (χ2n) is 8.07. The Morgan fingerprint density at radius 3 is 2.50 bits per heavy atom. The molecule has 0 aromatic carbocycles. The molecule has 0 unspecified atom stereocenters. The van der Waals surface area contributed by atoms with Gasteiger partial charge in [-0.05, 0) is 49.9 Å². The predicted octanol–water partition coefficient (Wildman–Crippen LogP) is 3.07. The lowest BCUT2D eigenvalue weighted by Crippen LogP contribution is -2.59. The van der Waals surface area contributed by atoms with E-state index in [9.17, 15) is 9.59 Å². The molecule has 4 rings (SSSR count). The summed E-state index contributed by atoms with van der Waals surface area (Å²) in [5.41, 5.74) is -0.769. The highest BCUT2D eigenvalue weighted by Gasteiger charge is 2.69. The van der Waals surface area contributed by atoms with Gasteiger partial charge in [-0.2, -0.15) is 0 Å². The van der Waals surface area contributed by atoms with Crippen molar-refractivity contribution in [3.63, 3.8) is 0 Å². The summed E-state index contributed by atoms with van der Waals surface area (Å²) >= 11 is 0. The zero-order chi connectivity index (χ0) is 14.9. The lowest BCUT2D eigenvalue weighted by Gasteiger charge is -2.54. The van der Waals surface area contributed by atoms with Crippen LogP contribution in [0.4, 0.5) is 0 Å². The molecular weight excluding hydrogens is 252 g/mol. The van der Waals surface area contributed by atoms with Crippen LogP contribution in [0.15, 0.2) is 0 Å². The van der Waals surface area contributed by atoms with E-state index in [-0.39, 0.29) is 17.3 Å². The molecule has 0 radical (unpaired) electrons. The highest BCUT2D eigenvalue weighted by atomic mass is 16.5. The van der Waals surface area contributed by atoms with Crippen molar-refractivity contribution in [1.82, 2.24) is 0 Å². The Kier molecular flexibility index (Phi) is 2.88. The van der Waals surface area contributed by atoms with E-state index < -0.39 is 5.41 Å². The number of ketones is 1. The van der Waals surface area contributed by atoms with Crippen LogP contribution in [0.1, 0.15) is 47.0 Å². The summed E-state index contributed by atoms with van der Waals surface area (Å²) < 4.78 is 5.00. The third-order valence-electron chi connectivity index (χ3n) is 6.85. The van der Waals surface area contributed by atoms with E-state index >= 15 is 0 Å². The molecule has 4 aliphatic carbocycles. The molecule has 4 fully saturated rings. The molecule has 4 saturated carbocycles. The fourth-order valence-corrected chi connectivity index (χ4v) is 5.68. The average molecular weight is 278 g/mol. The highest BCUT2D eigenvalue weighted by molar-refractivity contribution is 5.95. The molecule has 4 aliphatic rings. The molecule has 0 heterocycles. The summed E-state index contributed by atoms with van der Waals surface area (Å²) in [5, 5.41) is 0. The maximum Gasteiger partial charge on any atom is 0.312 e. The van der Waals surface area contributed by atoms with Gasteiger partial charge in [-0.1, -0.05) is 20.8 Å². The van der Waals surface area contributed by atoms with Crippen LogP contribution in [0.5, 0.6) is 0 Å². The number of esters is 1. The van der Waals surface area contributed by atoms with Crippen molar-refractivity contribution < 1.29 is 14.3 Å². The van der Waals surface area contributed by atoms with Gasteiger partial charge in [0.05, 0.1) is 12.5 Å². The summed E-state index contributed by atoms with van der Waals surface area (Å²) in [6.45, 7) is 8.64. The van der Waals surface area contributed by atoms with E-state index in [1.165, 1.54) is 7.11 Å². The van der Waals surface area contributed by atoms with E-state index in [1.54, 1.807) is 0 Å². The highest BCUT2D eigenvalue weighted by Crippen LogP contribution is 2.69. The first-order valence-electron chi connectivity index (χ1n) is 7.88.